The Morgan fingerprint density at radius 1 is 0.714 bits per heavy atom. The van der Waals surface area contributed by atoms with Gasteiger partial charge >= 0.3 is 31.0 Å². The number of hydrogen-bond donors (Lipinski definition) is 0. The first-order chi connectivity index (χ1) is 8.39. The third kappa shape index (κ3) is 6.49. The van der Waals surface area contributed by atoms with Gasteiger partial charge in [0.1, 0.15) is 11.9 Å². The largest absolute Gasteiger partial charge is 0.543 e. The molecule has 0 saturated carbocycles. The molecule has 0 aliphatic heterocycles. The van der Waals surface area contributed by atoms with Gasteiger partial charge in [0.05, 0.1) is 0 Å². The smallest absolute Gasteiger partial charge is 0.413 e. The summed E-state index contributed by atoms with van der Waals surface area (Å²) < 4.78 is 105. The van der Waals surface area contributed by atoms with Crippen LogP contribution in [-0.4, -0.2) is 39.3 Å². The Kier molecular flexibility index (Phi) is 8.64. The van der Waals surface area contributed by atoms with E-state index in [1.807, 2.05) is 0 Å². The number of aliphatic carboxylic acids is 2. The van der Waals surface area contributed by atoms with Gasteiger partial charge in [0.25, 0.3) is 0 Å². The van der Waals surface area contributed by atoms with E-state index in [9.17, 15) is 62.0 Å². The van der Waals surface area contributed by atoms with Gasteiger partial charge in [-0.05, 0) is 0 Å². The minimum Gasteiger partial charge on any atom is -0.543 e. The van der Waals surface area contributed by atoms with Gasteiger partial charge in [-0.15, -0.1) is 0 Å². The molecule has 21 heavy (non-hydrogen) atoms. The number of halogens is 6. The summed E-state index contributed by atoms with van der Waals surface area (Å²) in [4.78, 5) is 18.4. The molecular weight excluding hydrogens is 418 g/mol. The topological polar surface area (TPSA) is 149 Å². The molecule has 0 aromatic rings. The van der Waals surface area contributed by atoms with Crippen molar-refractivity contribution < 1.29 is 79.0 Å². The number of carbonyl (C=O) groups is 2. The van der Waals surface area contributed by atoms with E-state index in [4.69, 9.17) is 0 Å². The molecule has 0 fully saturated rings. The van der Waals surface area contributed by atoms with Gasteiger partial charge in [-0.25, -0.2) is 0 Å². The first kappa shape index (κ1) is 24.9. The normalized spacial score (nSPS) is 12.5. The van der Waals surface area contributed by atoms with Crippen LogP contribution in [0.1, 0.15) is 0 Å². The zero-order valence-corrected chi connectivity index (χ0v) is 11.2. The number of carbonyl (C=O) groups excluding carboxylic acids is 2. The standard InChI is InChI=1S/2C2HF3O4S.Cu/c2*3-2(4,1(6)7)10(5,8)9;/h2*(H,6,7);/p-2. The average Bonchev–Trinajstić information content (AvgIpc) is 2.14. The Morgan fingerprint density at radius 3 is 0.857 bits per heavy atom. The van der Waals surface area contributed by atoms with Gasteiger partial charge in [0, 0.05) is 17.1 Å². The fourth-order valence-corrected chi connectivity index (χ4v) is 0.597. The van der Waals surface area contributed by atoms with Crippen molar-refractivity contribution in [3.63, 3.8) is 0 Å². The predicted molar refractivity (Wildman–Crippen MR) is 40.0 cm³/mol. The second kappa shape index (κ2) is 7.28. The Bertz CT molecular complexity index is 542. The van der Waals surface area contributed by atoms with Crippen LogP contribution in [0.3, 0.4) is 0 Å². The van der Waals surface area contributed by atoms with Crippen molar-refractivity contribution in [1.29, 1.82) is 0 Å². The zero-order chi connectivity index (χ0) is 17.2. The van der Waals surface area contributed by atoms with Crippen LogP contribution >= 0.6 is 0 Å². The summed E-state index contributed by atoms with van der Waals surface area (Å²) in [6.07, 6.45) is 0. The van der Waals surface area contributed by atoms with Crippen molar-refractivity contribution in [2.24, 2.45) is 0 Å². The Balaban J connectivity index is -0.000000295. The van der Waals surface area contributed by atoms with E-state index < -0.39 is 42.9 Å². The number of alkyl halides is 4. The van der Waals surface area contributed by atoms with E-state index in [1.54, 1.807) is 0 Å². The van der Waals surface area contributed by atoms with Crippen molar-refractivity contribution in [1.82, 2.24) is 0 Å². The van der Waals surface area contributed by atoms with Crippen molar-refractivity contribution in [3.8, 4) is 0 Å². The number of rotatable bonds is 4. The average molecular weight is 418 g/mol. The van der Waals surface area contributed by atoms with Gasteiger partial charge in [0.15, 0.2) is 0 Å². The quantitative estimate of drug-likeness (QED) is 0.271. The summed E-state index contributed by atoms with van der Waals surface area (Å²) in [6.45, 7) is 0. The van der Waals surface area contributed by atoms with E-state index in [-0.39, 0.29) is 17.1 Å². The van der Waals surface area contributed by atoms with Crippen LogP contribution in [0.25, 0.3) is 0 Å². The predicted octanol–water partition coefficient (Wildman–Crippen LogP) is -2.75. The summed E-state index contributed by atoms with van der Waals surface area (Å²) in [7, 11) is -12.8. The maximum atomic E-state index is 11.4. The second-order valence-electron chi connectivity index (χ2n) is 2.48. The first-order valence-electron chi connectivity index (χ1n) is 3.46. The molecule has 0 aliphatic rings. The monoisotopic (exact) mass is 417 g/mol. The summed E-state index contributed by atoms with van der Waals surface area (Å²) in [6, 6.07) is 0. The summed E-state index contributed by atoms with van der Waals surface area (Å²) >= 11 is 0. The number of carboxylic acid groups (broad SMARTS) is 2. The molecular formula is C4CuF6O8S2-2. The molecule has 0 heterocycles. The van der Waals surface area contributed by atoms with Gasteiger partial charge in [-0.3, -0.25) is 0 Å². The molecule has 0 unspecified atom stereocenters. The molecule has 131 valence electrons. The molecule has 0 aromatic heterocycles. The summed E-state index contributed by atoms with van der Waals surface area (Å²) in [5.41, 5.74) is 0. The molecule has 0 saturated heterocycles. The van der Waals surface area contributed by atoms with Crippen molar-refractivity contribution in [2.45, 2.75) is 10.5 Å². The molecule has 0 aromatic carbocycles. The SMILES string of the molecule is O=C([O-])C(F)(F)S(=O)(=O)F.O=C([O-])C(F)(F)S(=O)(=O)F.[Cu]. The van der Waals surface area contributed by atoms with E-state index in [0.29, 0.717) is 0 Å². The van der Waals surface area contributed by atoms with E-state index in [0.717, 1.165) is 0 Å². The number of hydrogen-bond acceptors (Lipinski definition) is 8. The van der Waals surface area contributed by atoms with E-state index in [1.165, 1.54) is 0 Å². The van der Waals surface area contributed by atoms with Crippen LogP contribution in [0.15, 0.2) is 0 Å². The Hall–Kier alpha value is -1.06. The summed E-state index contributed by atoms with van der Waals surface area (Å²) in [5, 5.41) is 7.47. The zero-order valence-electron chi connectivity index (χ0n) is 8.65. The van der Waals surface area contributed by atoms with Gasteiger partial charge in [-0.2, -0.15) is 34.4 Å². The third-order valence-electron chi connectivity index (χ3n) is 1.09. The maximum absolute atomic E-state index is 11.4. The third-order valence-corrected chi connectivity index (χ3v) is 2.65. The van der Waals surface area contributed by atoms with Crippen LogP contribution in [0.2, 0.25) is 0 Å². The second-order valence-corrected chi connectivity index (χ2v) is 5.26. The number of carboxylic acids is 2. The molecule has 0 N–H and O–H groups in total. The van der Waals surface area contributed by atoms with Crippen LogP contribution in [-0.2, 0) is 47.1 Å². The molecule has 17 heteroatoms. The molecule has 0 bridgehead atoms. The molecule has 0 amide bonds. The van der Waals surface area contributed by atoms with Crippen molar-refractivity contribution >= 4 is 32.4 Å². The first-order valence-corrected chi connectivity index (χ1v) is 6.22. The molecule has 0 atom stereocenters. The van der Waals surface area contributed by atoms with Gasteiger partial charge in [0.2, 0.25) is 0 Å². The fraction of sp³-hybridized carbons (Fsp3) is 0.500. The van der Waals surface area contributed by atoms with Crippen LogP contribution in [0.5, 0.6) is 0 Å². The van der Waals surface area contributed by atoms with Crippen LogP contribution in [0, 0.1) is 0 Å². The minimum atomic E-state index is -6.40. The molecule has 0 rings (SSSR count). The summed E-state index contributed by atoms with van der Waals surface area (Å²) in [5.74, 6) is -6.56. The van der Waals surface area contributed by atoms with Gasteiger partial charge < -0.3 is 19.8 Å². The van der Waals surface area contributed by atoms with Crippen LogP contribution < -0.4 is 10.2 Å². The minimum absolute atomic E-state index is 0. The van der Waals surface area contributed by atoms with Gasteiger partial charge in [-0.1, -0.05) is 7.77 Å². The van der Waals surface area contributed by atoms with Crippen molar-refractivity contribution in [2.75, 3.05) is 0 Å². The molecule has 1 radical (unpaired) electrons. The Morgan fingerprint density at radius 2 is 0.857 bits per heavy atom. The van der Waals surface area contributed by atoms with E-state index in [2.05, 4.69) is 0 Å². The van der Waals surface area contributed by atoms with E-state index >= 15 is 0 Å². The van der Waals surface area contributed by atoms with Crippen LogP contribution in [0.4, 0.5) is 25.3 Å². The van der Waals surface area contributed by atoms with Crippen molar-refractivity contribution in [3.05, 3.63) is 0 Å². The molecule has 0 aliphatic carbocycles. The maximum Gasteiger partial charge on any atom is 0.413 e. The fourth-order valence-electron chi connectivity index (χ4n) is 0.199. The molecule has 8 nitrogen and oxygen atoms in total. The molecule has 0 spiro atoms. The Labute approximate surface area is 122 Å².